The van der Waals surface area contributed by atoms with Crippen LogP contribution in [-0.2, 0) is 6.54 Å². The van der Waals surface area contributed by atoms with Crippen LogP contribution in [0.5, 0.6) is 0 Å². The summed E-state index contributed by atoms with van der Waals surface area (Å²) in [6.45, 7) is 2.10. The molecule has 23 heavy (non-hydrogen) atoms. The lowest BCUT2D eigenvalue weighted by atomic mass is 10.2. The average molecular weight is 327 g/mol. The lowest BCUT2D eigenvalue weighted by Gasteiger charge is -2.05. The minimum Gasteiger partial charge on any atom is -0.346 e. The first-order valence-electron chi connectivity index (χ1n) is 7.16. The van der Waals surface area contributed by atoms with E-state index in [0.29, 0.717) is 23.0 Å². The van der Waals surface area contributed by atoms with Crippen LogP contribution < -0.4 is 5.32 Å². The lowest BCUT2D eigenvalue weighted by molar-refractivity contribution is 0.0945. The Balaban J connectivity index is 1.75. The van der Waals surface area contributed by atoms with Gasteiger partial charge in [-0.15, -0.1) is 5.10 Å². The van der Waals surface area contributed by atoms with Crippen molar-refractivity contribution in [1.29, 1.82) is 0 Å². The molecule has 3 aromatic rings. The molecular weight excluding hydrogens is 312 g/mol. The van der Waals surface area contributed by atoms with Gasteiger partial charge in [0.15, 0.2) is 5.69 Å². The van der Waals surface area contributed by atoms with E-state index < -0.39 is 0 Å². The monoisotopic (exact) mass is 326 g/mol. The molecule has 6 heteroatoms. The van der Waals surface area contributed by atoms with Crippen molar-refractivity contribution in [1.82, 2.24) is 20.3 Å². The van der Waals surface area contributed by atoms with Gasteiger partial charge in [0, 0.05) is 11.6 Å². The minimum atomic E-state index is -0.274. The number of hydrogen-bond donors (Lipinski definition) is 1. The molecule has 0 spiro atoms. The van der Waals surface area contributed by atoms with Gasteiger partial charge in [0.1, 0.15) is 0 Å². The summed E-state index contributed by atoms with van der Waals surface area (Å²) in [6.07, 6.45) is 0. The van der Waals surface area contributed by atoms with Crippen molar-refractivity contribution in [3.8, 4) is 5.69 Å². The number of benzene rings is 2. The third-order valence-electron chi connectivity index (χ3n) is 3.38. The van der Waals surface area contributed by atoms with Crippen molar-refractivity contribution >= 4 is 17.5 Å². The van der Waals surface area contributed by atoms with E-state index in [2.05, 4.69) is 15.5 Å². The summed E-state index contributed by atoms with van der Waals surface area (Å²) in [4.78, 5) is 13.8. The summed E-state index contributed by atoms with van der Waals surface area (Å²) < 4.78 is 0. The van der Waals surface area contributed by atoms with Crippen LogP contribution in [0.3, 0.4) is 0 Å². The minimum absolute atomic E-state index is 0.274. The SMILES string of the molecule is Cc1nn(-c2ccccc2)nc1C(=O)NCc1ccccc1Cl. The smallest absolute Gasteiger partial charge is 0.274 e. The second kappa shape index (κ2) is 6.62. The highest BCUT2D eigenvalue weighted by Crippen LogP contribution is 2.15. The molecule has 0 radical (unpaired) electrons. The average Bonchev–Trinajstić information content (AvgIpc) is 2.97. The Bertz CT molecular complexity index is 830. The molecule has 0 aliphatic carbocycles. The molecule has 0 bridgehead atoms. The Morgan fingerprint density at radius 3 is 2.52 bits per heavy atom. The van der Waals surface area contributed by atoms with Gasteiger partial charge in [0.05, 0.1) is 11.4 Å². The second-order valence-electron chi connectivity index (χ2n) is 5.03. The molecule has 5 nitrogen and oxygen atoms in total. The van der Waals surface area contributed by atoms with Gasteiger partial charge in [-0.2, -0.15) is 9.90 Å². The Hall–Kier alpha value is -2.66. The van der Waals surface area contributed by atoms with Crippen LogP contribution in [0.1, 0.15) is 21.7 Å². The number of aryl methyl sites for hydroxylation is 1. The molecule has 1 heterocycles. The van der Waals surface area contributed by atoms with Gasteiger partial charge >= 0.3 is 0 Å². The highest BCUT2D eigenvalue weighted by molar-refractivity contribution is 6.31. The number of rotatable bonds is 4. The van der Waals surface area contributed by atoms with E-state index in [1.807, 2.05) is 48.5 Å². The fraction of sp³-hybridized carbons (Fsp3) is 0.118. The van der Waals surface area contributed by atoms with E-state index in [0.717, 1.165) is 11.3 Å². The first-order valence-corrected chi connectivity index (χ1v) is 7.54. The van der Waals surface area contributed by atoms with Crippen LogP contribution in [-0.4, -0.2) is 20.9 Å². The van der Waals surface area contributed by atoms with E-state index in [-0.39, 0.29) is 5.91 Å². The Morgan fingerprint density at radius 1 is 1.09 bits per heavy atom. The Kier molecular flexibility index (Phi) is 4.39. The summed E-state index contributed by atoms with van der Waals surface area (Å²) in [6, 6.07) is 16.9. The maximum absolute atomic E-state index is 12.3. The molecule has 1 N–H and O–H groups in total. The number of nitrogens with one attached hydrogen (secondary N) is 1. The number of aromatic nitrogens is 3. The van der Waals surface area contributed by atoms with Crippen LogP contribution in [0.2, 0.25) is 5.02 Å². The second-order valence-corrected chi connectivity index (χ2v) is 5.44. The zero-order valence-electron chi connectivity index (χ0n) is 12.5. The van der Waals surface area contributed by atoms with E-state index >= 15 is 0 Å². The summed E-state index contributed by atoms with van der Waals surface area (Å²) in [5, 5.41) is 12.0. The lowest BCUT2D eigenvalue weighted by Crippen LogP contribution is -2.24. The maximum atomic E-state index is 12.3. The molecule has 0 saturated carbocycles. The largest absolute Gasteiger partial charge is 0.346 e. The molecule has 0 unspecified atom stereocenters. The number of hydrogen-bond acceptors (Lipinski definition) is 3. The van der Waals surface area contributed by atoms with Crippen molar-refractivity contribution in [2.45, 2.75) is 13.5 Å². The third-order valence-corrected chi connectivity index (χ3v) is 3.75. The van der Waals surface area contributed by atoms with E-state index in [1.165, 1.54) is 4.80 Å². The van der Waals surface area contributed by atoms with Gasteiger partial charge in [0.2, 0.25) is 0 Å². The first-order chi connectivity index (χ1) is 11.1. The molecule has 116 valence electrons. The van der Waals surface area contributed by atoms with Crippen molar-refractivity contribution in [3.63, 3.8) is 0 Å². The molecular formula is C17H15ClN4O. The predicted molar refractivity (Wildman–Crippen MR) is 88.7 cm³/mol. The molecule has 0 fully saturated rings. The summed E-state index contributed by atoms with van der Waals surface area (Å²) in [7, 11) is 0. The molecule has 3 rings (SSSR count). The molecule has 0 atom stereocenters. The van der Waals surface area contributed by atoms with Gasteiger partial charge < -0.3 is 5.32 Å². The first kappa shape index (κ1) is 15.2. The van der Waals surface area contributed by atoms with Crippen LogP contribution in [0.15, 0.2) is 54.6 Å². The molecule has 0 aliphatic heterocycles. The molecule has 2 aromatic carbocycles. The van der Waals surface area contributed by atoms with Crippen LogP contribution in [0, 0.1) is 6.92 Å². The fourth-order valence-corrected chi connectivity index (χ4v) is 2.37. The van der Waals surface area contributed by atoms with Crippen molar-refractivity contribution in [2.24, 2.45) is 0 Å². The van der Waals surface area contributed by atoms with Gasteiger partial charge in [-0.25, -0.2) is 0 Å². The normalized spacial score (nSPS) is 10.5. The van der Waals surface area contributed by atoms with E-state index in [4.69, 9.17) is 11.6 Å². The van der Waals surface area contributed by atoms with Gasteiger partial charge in [0.25, 0.3) is 5.91 Å². The van der Waals surface area contributed by atoms with Gasteiger partial charge in [-0.05, 0) is 30.7 Å². The maximum Gasteiger partial charge on any atom is 0.274 e. The van der Waals surface area contributed by atoms with Gasteiger partial charge in [-0.1, -0.05) is 48.0 Å². The zero-order chi connectivity index (χ0) is 16.2. The topological polar surface area (TPSA) is 59.8 Å². The van der Waals surface area contributed by atoms with Crippen molar-refractivity contribution < 1.29 is 4.79 Å². The number of carbonyl (C=O) groups is 1. The van der Waals surface area contributed by atoms with E-state index in [9.17, 15) is 4.79 Å². The molecule has 0 aliphatic rings. The number of halogens is 1. The fourth-order valence-electron chi connectivity index (χ4n) is 2.17. The molecule has 1 aromatic heterocycles. The van der Waals surface area contributed by atoms with Crippen molar-refractivity contribution in [3.05, 3.63) is 76.6 Å². The Labute approximate surface area is 138 Å². The van der Waals surface area contributed by atoms with Crippen molar-refractivity contribution in [2.75, 3.05) is 0 Å². The summed E-state index contributed by atoms with van der Waals surface area (Å²) in [5.41, 5.74) is 2.54. The third kappa shape index (κ3) is 3.40. The molecule has 1 amide bonds. The summed E-state index contributed by atoms with van der Waals surface area (Å²) >= 11 is 6.09. The number of nitrogens with zero attached hydrogens (tertiary/aromatic N) is 3. The summed E-state index contributed by atoms with van der Waals surface area (Å²) in [5.74, 6) is -0.274. The highest BCUT2D eigenvalue weighted by atomic mass is 35.5. The number of carbonyl (C=O) groups excluding carboxylic acids is 1. The van der Waals surface area contributed by atoms with E-state index in [1.54, 1.807) is 13.0 Å². The molecule has 0 saturated heterocycles. The Morgan fingerprint density at radius 2 is 1.78 bits per heavy atom. The predicted octanol–water partition coefficient (Wildman–Crippen LogP) is 3.16. The van der Waals surface area contributed by atoms with Gasteiger partial charge in [-0.3, -0.25) is 4.79 Å². The van der Waals surface area contributed by atoms with Crippen LogP contribution >= 0.6 is 11.6 Å². The number of para-hydroxylation sites is 1. The van der Waals surface area contributed by atoms with Crippen LogP contribution in [0.25, 0.3) is 5.69 Å². The zero-order valence-corrected chi connectivity index (χ0v) is 13.3. The highest BCUT2D eigenvalue weighted by Gasteiger charge is 2.16. The van der Waals surface area contributed by atoms with Crippen LogP contribution in [0.4, 0.5) is 0 Å². The quantitative estimate of drug-likeness (QED) is 0.801. The number of amides is 1. The standard InChI is InChI=1S/C17H15ClN4O/c1-12-16(21-22(20-12)14-8-3-2-4-9-14)17(23)19-11-13-7-5-6-10-15(13)18/h2-10H,11H2,1H3,(H,19,23).